The summed E-state index contributed by atoms with van der Waals surface area (Å²) in [5.74, 6) is 2.09. The molecule has 0 radical (unpaired) electrons. The largest absolute Gasteiger partial charge is 0.508 e. The zero-order chi connectivity index (χ0) is 17.6. The highest BCUT2D eigenvalue weighted by atomic mass is 16.5. The van der Waals surface area contributed by atoms with Gasteiger partial charge in [0.05, 0.1) is 20.0 Å². The molecule has 25 heavy (non-hydrogen) atoms. The average molecular weight is 338 g/mol. The molecule has 0 aliphatic carbocycles. The van der Waals surface area contributed by atoms with Crippen LogP contribution < -0.4 is 9.47 Å². The van der Waals surface area contributed by atoms with Crippen molar-refractivity contribution in [2.75, 3.05) is 13.7 Å². The number of methoxy groups -OCH3 is 1. The molecule has 1 N–H and O–H groups in total. The highest BCUT2D eigenvalue weighted by molar-refractivity contribution is 5.66. The summed E-state index contributed by atoms with van der Waals surface area (Å²) in [5, 5.41) is 9.62. The molecule has 2 aromatic rings. The first-order valence-corrected chi connectivity index (χ1v) is 8.50. The van der Waals surface area contributed by atoms with Crippen LogP contribution in [0.1, 0.15) is 42.0 Å². The summed E-state index contributed by atoms with van der Waals surface area (Å²) in [5.41, 5.74) is 4.07. The molecule has 0 amide bonds. The molecule has 0 saturated heterocycles. The smallest absolute Gasteiger partial charge is 0.130 e. The molecule has 4 nitrogen and oxygen atoms in total. The molecule has 2 heterocycles. The number of phenolic OH excluding ortho intramolecular Hbond substituents is 1. The zero-order valence-corrected chi connectivity index (χ0v) is 14.7. The normalized spacial score (nSPS) is 20.0. The predicted molar refractivity (Wildman–Crippen MR) is 96.2 cm³/mol. The van der Waals surface area contributed by atoms with Crippen molar-refractivity contribution in [1.29, 1.82) is 0 Å². The maximum atomic E-state index is 9.62. The number of hydrogen-bond donors (Lipinski definition) is 1. The van der Waals surface area contributed by atoms with Crippen LogP contribution in [0.3, 0.4) is 0 Å². The zero-order valence-electron chi connectivity index (χ0n) is 14.7. The number of fused-ring (bicyclic) bond motifs is 2. The summed E-state index contributed by atoms with van der Waals surface area (Å²) in [6, 6.07) is 9.57. The van der Waals surface area contributed by atoms with Gasteiger partial charge in [-0.15, -0.1) is 0 Å². The van der Waals surface area contributed by atoms with Crippen LogP contribution in [0.25, 0.3) is 6.08 Å². The van der Waals surface area contributed by atoms with Crippen molar-refractivity contribution in [3.05, 3.63) is 58.8 Å². The lowest BCUT2D eigenvalue weighted by atomic mass is 9.84. The second-order valence-electron chi connectivity index (χ2n) is 7.08. The summed E-state index contributed by atoms with van der Waals surface area (Å²) in [6.45, 7) is 4.68. The van der Waals surface area contributed by atoms with E-state index < -0.39 is 0 Å². The quantitative estimate of drug-likeness (QED) is 0.884. The molecule has 0 aromatic heterocycles. The van der Waals surface area contributed by atoms with E-state index in [9.17, 15) is 5.11 Å². The van der Waals surface area contributed by atoms with Crippen LogP contribution >= 0.6 is 0 Å². The Hall–Kier alpha value is -2.62. The van der Waals surface area contributed by atoms with E-state index in [4.69, 9.17) is 14.2 Å². The Morgan fingerprint density at radius 1 is 1.20 bits per heavy atom. The van der Waals surface area contributed by atoms with Crippen molar-refractivity contribution in [3.63, 3.8) is 0 Å². The standard InChI is InChI=1S/C21H22O4/c1-21(2)18-7-6-16(20(23-3)17(18)8-9-25-21)14-10-13-4-5-15(22)11-19(13)24-12-14/h4-9,11,14,22H,10,12H2,1-3H3. The van der Waals surface area contributed by atoms with Crippen molar-refractivity contribution in [2.24, 2.45) is 0 Å². The lowest BCUT2D eigenvalue weighted by molar-refractivity contribution is 0.0527. The molecule has 0 spiro atoms. The molecule has 4 heteroatoms. The van der Waals surface area contributed by atoms with Crippen molar-refractivity contribution in [1.82, 2.24) is 0 Å². The van der Waals surface area contributed by atoms with Crippen LogP contribution in [-0.2, 0) is 16.8 Å². The molecule has 0 saturated carbocycles. The summed E-state index contributed by atoms with van der Waals surface area (Å²) in [6.07, 6.45) is 4.57. The minimum Gasteiger partial charge on any atom is -0.508 e. The Morgan fingerprint density at radius 3 is 2.84 bits per heavy atom. The van der Waals surface area contributed by atoms with Crippen LogP contribution in [-0.4, -0.2) is 18.8 Å². The second kappa shape index (κ2) is 5.73. The fraction of sp³-hybridized carbons (Fsp3) is 0.333. The van der Waals surface area contributed by atoms with E-state index in [1.54, 1.807) is 25.5 Å². The molecule has 2 aliphatic rings. The number of benzene rings is 2. The van der Waals surface area contributed by atoms with Gasteiger partial charge in [-0.1, -0.05) is 18.2 Å². The van der Waals surface area contributed by atoms with E-state index in [1.807, 2.05) is 12.1 Å². The Kier molecular flexibility index (Phi) is 3.64. The first-order valence-electron chi connectivity index (χ1n) is 8.50. The van der Waals surface area contributed by atoms with Crippen LogP contribution in [0.15, 0.2) is 36.6 Å². The van der Waals surface area contributed by atoms with E-state index in [-0.39, 0.29) is 17.3 Å². The number of phenols is 1. The lowest BCUT2D eigenvalue weighted by Crippen LogP contribution is -2.25. The molecule has 1 unspecified atom stereocenters. The monoisotopic (exact) mass is 338 g/mol. The van der Waals surface area contributed by atoms with Crippen LogP contribution in [0.4, 0.5) is 0 Å². The third kappa shape index (κ3) is 2.62. The van der Waals surface area contributed by atoms with Gasteiger partial charge in [-0.2, -0.15) is 0 Å². The highest BCUT2D eigenvalue weighted by Crippen LogP contribution is 2.44. The summed E-state index contributed by atoms with van der Waals surface area (Å²) in [7, 11) is 1.71. The van der Waals surface area contributed by atoms with E-state index >= 15 is 0 Å². The van der Waals surface area contributed by atoms with Gasteiger partial charge in [0.2, 0.25) is 0 Å². The Labute approximate surface area is 147 Å². The van der Waals surface area contributed by atoms with Crippen molar-refractivity contribution < 1.29 is 19.3 Å². The van der Waals surface area contributed by atoms with Gasteiger partial charge < -0.3 is 19.3 Å². The predicted octanol–water partition coefficient (Wildman–Crippen LogP) is 4.36. The molecule has 4 rings (SSSR count). The number of aromatic hydroxyl groups is 1. The van der Waals surface area contributed by atoms with E-state index in [2.05, 4.69) is 26.0 Å². The summed E-state index contributed by atoms with van der Waals surface area (Å²) >= 11 is 0. The fourth-order valence-electron chi connectivity index (χ4n) is 3.75. The minimum atomic E-state index is -0.372. The van der Waals surface area contributed by atoms with E-state index in [0.717, 1.165) is 40.2 Å². The summed E-state index contributed by atoms with van der Waals surface area (Å²) in [4.78, 5) is 0. The molecular formula is C21H22O4. The van der Waals surface area contributed by atoms with E-state index in [0.29, 0.717) is 6.61 Å². The van der Waals surface area contributed by atoms with Gasteiger partial charge in [-0.25, -0.2) is 0 Å². The van der Waals surface area contributed by atoms with Gasteiger partial charge in [0.15, 0.2) is 0 Å². The van der Waals surface area contributed by atoms with Crippen molar-refractivity contribution in [3.8, 4) is 17.2 Å². The third-order valence-corrected chi connectivity index (χ3v) is 5.07. The highest BCUT2D eigenvalue weighted by Gasteiger charge is 2.32. The first kappa shape index (κ1) is 15.9. The minimum absolute atomic E-state index is 0.205. The second-order valence-corrected chi connectivity index (χ2v) is 7.08. The van der Waals surface area contributed by atoms with Crippen LogP contribution in [0.5, 0.6) is 17.2 Å². The SMILES string of the molecule is COc1c(C2COc3cc(O)ccc3C2)ccc2c1C=COC2(C)C. The maximum absolute atomic E-state index is 9.62. The molecule has 0 fully saturated rings. The van der Waals surface area contributed by atoms with Crippen LogP contribution in [0, 0.1) is 0 Å². The van der Waals surface area contributed by atoms with Gasteiger partial charge in [0.25, 0.3) is 0 Å². The Bertz CT molecular complexity index is 851. The Morgan fingerprint density at radius 2 is 2.04 bits per heavy atom. The number of hydrogen-bond acceptors (Lipinski definition) is 4. The number of rotatable bonds is 2. The molecular weight excluding hydrogens is 316 g/mol. The van der Waals surface area contributed by atoms with Gasteiger partial charge in [-0.3, -0.25) is 0 Å². The molecule has 1 atom stereocenters. The van der Waals surface area contributed by atoms with Gasteiger partial charge in [0.1, 0.15) is 22.8 Å². The molecule has 0 bridgehead atoms. The Balaban J connectivity index is 1.75. The topological polar surface area (TPSA) is 47.9 Å². The van der Waals surface area contributed by atoms with Gasteiger partial charge in [-0.05, 0) is 38.0 Å². The first-order chi connectivity index (χ1) is 12.0. The molecule has 130 valence electrons. The lowest BCUT2D eigenvalue weighted by Gasteiger charge is -2.33. The molecule has 2 aliphatic heterocycles. The van der Waals surface area contributed by atoms with Gasteiger partial charge >= 0.3 is 0 Å². The average Bonchev–Trinajstić information content (AvgIpc) is 2.60. The fourth-order valence-corrected chi connectivity index (χ4v) is 3.75. The summed E-state index contributed by atoms with van der Waals surface area (Å²) < 4.78 is 17.4. The van der Waals surface area contributed by atoms with Gasteiger partial charge in [0, 0.05) is 28.7 Å². The van der Waals surface area contributed by atoms with Crippen molar-refractivity contribution >= 4 is 6.08 Å². The molecule has 2 aromatic carbocycles. The number of ether oxygens (including phenoxy) is 3. The van der Waals surface area contributed by atoms with Crippen LogP contribution in [0.2, 0.25) is 0 Å². The van der Waals surface area contributed by atoms with Crippen molar-refractivity contribution in [2.45, 2.75) is 31.8 Å². The third-order valence-electron chi connectivity index (χ3n) is 5.07. The maximum Gasteiger partial charge on any atom is 0.130 e. The van der Waals surface area contributed by atoms with E-state index in [1.165, 1.54) is 0 Å².